The SMILES string of the molecule is CCOc1ccc(C2=C(Nc3ccc(F)c(F)c3)C(=O)N(c3cccc(Cl)c3)C2=O)cc1. The molecule has 32 heavy (non-hydrogen) atoms. The summed E-state index contributed by atoms with van der Waals surface area (Å²) >= 11 is 6.05. The number of imide groups is 1. The highest BCUT2D eigenvalue weighted by molar-refractivity contribution is 6.46. The molecule has 1 aliphatic heterocycles. The second-order valence-electron chi connectivity index (χ2n) is 6.89. The molecule has 3 aromatic rings. The Balaban J connectivity index is 1.80. The summed E-state index contributed by atoms with van der Waals surface area (Å²) in [4.78, 5) is 27.6. The van der Waals surface area contributed by atoms with E-state index in [1.54, 1.807) is 42.5 Å². The molecule has 3 aromatic carbocycles. The van der Waals surface area contributed by atoms with Crippen LogP contribution in [0.4, 0.5) is 20.2 Å². The fraction of sp³-hybridized carbons (Fsp3) is 0.0833. The number of rotatable bonds is 6. The molecule has 4 rings (SSSR count). The fourth-order valence-electron chi connectivity index (χ4n) is 3.37. The maximum absolute atomic E-state index is 13.7. The number of benzene rings is 3. The van der Waals surface area contributed by atoms with Gasteiger partial charge in [0.25, 0.3) is 11.8 Å². The van der Waals surface area contributed by atoms with Gasteiger partial charge in [0.15, 0.2) is 11.6 Å². The zero-order chi connectivity index (χ0) is 22.8. The number of halogens is 3. The van der Waals surface area contributed by atoms with Crippen molar-refractivity contribution in [3.63, 3.8) is 0 Å². The van der Waals surface area contributed by atoms with Gasteiger partial charge in [-0.25, -0.2) is 13.7 Å². The minimum Gasteiger partial charge on any atom is -0.494 e. The van der Waals surface area contributed by atoms with Crippen molar-refractivity contribution in [2.75, 3.05) is 16.8 Å². The molecule has 8 heteroatoms. The largest absolute Gasteiger partial charge is 0.494 e. The summed E-state index contributed by atoms with van der Waals surface area (Å²) in [7, 11) is 0. The summed E-state index contributed by atoms with van der Waals surface area (Å²) in [5.41, 5.74) is 0.892. The Labute approximate surface area is 187 Å². The van der Waals surface area contributed by atoms with E-state index in [0.717, 1.165) is 17.0 Å². The average molecular weight is 455 g/mol. The van der Waals surface area contributed by atoms with Crippen LogP contribution < -0.4 is 15.0 Å². The Hall–Kier alpha value is -3.71. The lowest BCUT2D eigenvalue weighted by molar-refractivity contribution is -0.120. The van der Waals surface area contributed by atoms with Crippen molar-refractivity contribution in [2.24, 2.45) is 0 Å². The van der Waals surface area contributed by atoms with Crippen LogP contribution in [-0.4, -0.2) is 18.4 Å². The van der Waals surface area contributed by atoms with Gasteiger partial charge in [0.2, 0.25) is 0 Å². The lowest BCUT2D eigenvalue weighted by Gasteiger charge is -2.15. The molecule has 0 unspecified atom stereocenters. The van der Waals surface area contributed by atoms with Gasteiger partial charge in [-0.3, -0.25) is 9.59 Å². The van der Waals surface area contributed by atoms with E-state index in [4.69, 9.17) is 16.3 Å². The highest BCUT2D eigenvalue weighted by Gasteiger charge is 2.40. The predicted octanol–water partition coefficient (Wildman–Crippen LogP) is 5.41. The predicted molar refractivity (Wildman–Crippen MR) is 118 cm³/mol. The minimum atomic E-state index is -1.08. The van der Waals surface area contributed by atoms with Crippen LogP contribution in [0.15, 0.2) is 72.4 Å². The number of ether oxygens (including phenoxy) is 1. The van der Waals surface area contributed by atoms with E-state index in [2.05, 4.69) is 5.32 Å². The van der Waals surface area contributed by atoms with E-state index in [0.29, 0.717) is 22.9 Å². The van der Waals surface area contributed by atoms with Gasteiger partial charge in [0, 0.05) is 16.8 Å². The molecule has 1 N–H and O–H groups in total. The number of anilines is 2. The zero-order valence-corrected chi connectivity index (χ0v) is 17.6. The molecular weight excluding hydrogens is 438 g/mol. The van der Waals surface area contributed by atoms with Crippen LogP contribution in [0.5, 0.6) is 5.75 Å². The van der Waals surface area contributed by atoms with Gasteiger partial charge < -0.3 is 10.1 Å². The molecule has 0 spiro atoms. The number of amides is 2. The first-order chi connectivity index (χ1) is 15.4. The van der Waals surface area contributed by atoms with Crippen LogP contribution in [0.1, 0.15) is 12.5 Å². The lowest BCUT2D eigenvalue weighted by Crippen LogP contribution is -2.32. The zero-order valence-electron chi connectivity index (χ0n) is 16.9. The van der Waals surface area contributed by atoms with Crippen molar-refractivity contribution < 1.29 is 23.1 Å². The van der Waals surface area contributed by atoms with Crippen LogP contribution >= 0.6 is 11.6 Å². The molecular formula is C24H17ClF2N2O3. The summed E-state index contributed by atoms with van der Waals surface area (Å²) < 4.78 is 32.5. The maximum atomic E-state index is 13.7. The van der Waals surface area contributed by atoms with E-state index in [1.807, 2.05) is 6.92 Å². The van der Waals surface area contributed by atoms with E-state index >= 15 is 0 Å². The van der Waals surface area contributed by atoms with Crippen molar-refractivity contribution in [1.82, 2.24) is 0 Å². The third-order valence-electron chi connectivity index (χ3n) is 4.79. The van der Waals surface area contributed by atoms with Crippen molar-refractivity contribution in [3.05, 3.63) is 94.6 Å². The summed E-state index contributed by atoms with van der Waals surface area (Å²) in [6.45, 7) is 2.33. The summed E-state index contributed by atoms with van der Waals surface area (Å²) in [6.07, 6.45) is 0. The summed E-state index contributed by atoms with van der Waals surface area (Å²) in [5, 5.41) is 3.14. The Morgan fingerprint density at radius 2 is 1.69 bits per heavy atom. The van der Waals surface area contributed by atoms with Gasteiger partial charge in [0.1, 0.15) is 11.4 Å². The molecule has 0 radical (unpaired) electrons. The van der Waals surface area contributed by atoms with Gasteiger partial charge in [-0.15, -0.1) is 0 Å². The van der Waals surface area contributed by atoms with Gasteiger partial charge in [0.05, 0.1) is 17.9 Å². The highest BCUT2D eigenvalue weighted by atomic mass is 35.5. The Bertz CT molecular complexity index is 1240. The normalized spacial score (nSPS) is 13.7. The Morgan fingerprint density at radius 1 is 0.938 bits per heavy atom. The Morgan fingerprint density at radius 3 is 2.34 bits per heavy atom. The molecule has 1 aliphatic rings. The first-order valence-electron chi connectivity index (χ1n) is 9.73. The number of hydrogen-bond donors (Lipinski definition) is 1. The molecule has 2 amide bonds. The van der Waals surface area contributed by atoms with Crippen molar-refractivity contribution in [2.45, 2.75) is 6.92 Å². The van der Waals surface area contributed by atoms with Gasteiger partial charge >= 0.3 is 0 Å². The molecule has 0 fully saturated rings. The van der Waals surface area contributed by atoms with Gasteiger partial charge in [-0.05, 0) is 55.0 Å². The third kappa shape index (κ3) is 4.07. The molecule has 0 saturated heterocycles. The van der Waals surface area contributed by atoms with Crippen molar-refractivity contribution >= 4 is 40.4 Å². The highest BCUT2D eigenvalue weighted by Crippen LogP contribution is 2.35. The number of nitrogens with zero attached hydrogens (tertiary/aromatic N) is 1. The first-order valence-corrected chi connectivity index (χ1v) is 10.1. The number of hydrogen-bond acceptors (Lipinski definition) is 4. The lowest BCUT2D eigenvalue weighted by atomic mass is 10.0. The van der Waals surface area contributed by atoms with Crippen LogP contribution in [0.25, 0.3) is 5.57 Å². The monoisotopic (exact) mass is 454 g/mol. The van der Waals surface area contributed by atoms with E-state index < -0.39 is 23.4 Å². The number of carbonyl (C=O) groups is 2. The van der Waals surface area contributed by atoms with Crippen LogP contribution in [0.2, 0.25) is 5.02 Å². The molecule has 162 valence electrons. The molecule has 0 aromatic heterocycles. The molecule has 0 aliphatic carbocycles. The smallest absolute Gasteiger partial charge is 0.282 e. The number of carbonyl (C=O) groups excluding carboxylic acids is 2. The van der Waals surface area contributed by atoms with E-state index in [-0.39, 0.29) is 22.6 Å². The van der Waals surface area contributed by atoms with Crippen LogP contribution in [-0.2, 0) is 9.59 Å². The van der Waals surface area contributed by atoms with Crippen molar-refractivity contribution in [3.8, 4) is 5.75 Å². The summed E-state index contributed by atoms with van der Waals surface area (Å²) in [5.74, 6) is -2.72. The maximum Gasteiger partial charge on any atom is 0.282 e. The summed E-state index contributed by atoms with van der Waals surface area (Å²) in [6, 6.07) is 16.1. The van der Waals surface area contributed by atoms with Crippen LogP contribution in [0.3, 0.4) is 0 Å². The first kappa shape index (κ1) is 21.5. The van der Waals surface area contributed by atoms with Crippen molar-refractivity contribution in [1.29, 1.82) is 0 Å². The second-order valence-corrected chi connectivity index (χ2v) is 7.32. The van der Waals surface area contributed by atoms with E-state index in [1.165, 1.54) is 12.1 Å². The molecule has 1 heterocycles. The number of nitrogens with one attached hydrogen (secondary N) is 1. The molecule has 5 nitrogen and oxygen atoms in total. The van der Waals surface area contributed by atoms with Crippen LogP contribution in [0, 0.1) is 11.6 Å². The third-order valence-corrected chi connectivity index (χ3v) is 5.03. The second kappa shape index (κ2) is 8.80. The fourth-order valence-corrected chi connectivity index (χ4v) is 3.55. The Kier molecular flexibility index (Phi) is 5.92. The van der Waals surface area contributed by atoms with Gasteiger partial charge in [-0.1, -0.05) is 29.8 Å². The van der Waals surface area contributed by atoms with Gasteiger partial charge in [-0.2, -0.15) is 0 Å². The van der Waals surface area contributed by atoms with E-state index in [9.17, 15) is 18.4 Å². The quantitative estimate of drug-likeness (QED) is 0.506. The minimum absolute atomic E-state index is 0.0647. The molecule has 0 atom stereocenters. The average Bonchev–Trinajstić information content (AvgIpc) is 3.01. The molecule has 0 saturated carbocycles. The molecule has 0 bridgehead atoms. The topological polar surface area (TPSA) is 58.6 Å². The standard InChI is InChI=1S/C24H17ClF2N2O3/c1-2-32-18-9-6-14(7-10-18)21-22(28-16-8-11-19(26)20(27)13-16)24(31)29(23(21)30)17-5-3-4-15(25)12-17/h3-13,28H,2H2,1H3.